The molecule has 2 aromatic rings. The Kier molecular flexibility index (Phi) is 4.78. The molecule has 4 heteroatoms. The van der Waals surface area contributed by atoms with E-state index in [0.717, 1.165) is 22.9 Å². The molecule has 114 valence electrons. The van der Waals surface area contributed by atoms with Crippen LogP contribution in [0.4, 0.5) is 4.79 Å². The average molecular weight is 360 g/mol. The second kappa shape index (κ2) is 6.97. The van der Waals surface area contributed by atoms with E-state index in [2.05, 4.69) is 39.4 Å². The van der Waals surface area contributed by atoms with Crippen LogP contribution in [0.15, 0.2) is 53.0 Å². The van der Waals surface area contributed by atoms with Crippen molar-refractivity contribution in [2.24, 2.45) is 0 Å². The highest BCUT2D eigenvalue weighted by Crippen LogP contribution is 2.34. The van der Waals surface area contributed by atoms with Crippen molar-refractivity contribution in [3.05, 3.63) is 69.7 Å². The normalized spacial score (nSPS) is 16.1. The number of ether oxygens (including phenoxy) is 1. The van der Waals surface area contributed by atoms with Gasteiger partial charge in [-0.05, 0) is 41.7 Å². The van der Waals surface area contributed by atoms with Crippen molar-refractivity contribution in [1.29, 1.82) is 0 Å². The first kappa shape index (κ1) is 15.1. The zero-order chi connectivity index (χ0) is 15.4. The molecule has 0 heterocycles. The third kappa shape index (κ3) is 3.69. The second-order valence-corrected chi connectivity index (χ2v) is 6.44. The third-order valence-electron chi connectivity index (χ3n) is 4.02. The molecule has 0 aromatic heterocycles. The number of alkyl carbamates (subject to hydrolysis) is 1. The van der Waals surface area contributed by atoms with Crippen LogP contribution in [-0.4, -0.2) is 12.6 Å². The predicted octanol–water partition coefficient (Wildman–Crippen LogP) is 4.41. The highest BCUT2D eigenvalue weighted by atomic mass is 79.9. The van der Waals surface area contributed by atoms with Crippen LogP contribution in [-0.2, 0) is 17.8 Å². The van der Waals surface area contributed by atoms with Gasteiger partial charge in [-0.1, -0.05) is 52.3 Å². The van der Waals surface area contributed by atoms with Crippen LogP contribution < -0.4 is 5.32 Å². The molecular weight excluding hydrogens is 342 g/mol. The van der Waals surface area contributed by atoms with E-state index in [4.69, 9.17) is 4.74 Å². The van der Waals surface area contributed by atoms with Crippen LogP contribution in [0.1, 0.15) is 29.0 Å². The molecule has 1 aliphatic rings. The molecule has 0 bridgehead atoms. The van der Waals surface area contributed by atoms with Crippen molar-refractivity contribution in [2.75, 3.05) is 6.54 Å². The predicted molar refractivity (Wildman–Crippen MR) is 89.8 cm³/mol. The first-order chi connectivity index (χ1) is 10.7. The molecule has 1 atom stereocenters. The van der Waals surface area contributed by atoms with Gasteiger partial charge in [-0.2, -0.15) is 0 Å². The summed E-state index contributed by atoms with van der Waals surface area (Å²) in [5, 5.41) is 2.88. The lowest BCUT2D eigenvalue weighted by molar-refractivity contribution is 0.139. The van der Waals surface area contributed by atoms with Gasteiger partial charge in [0.2, 0.25) is 0 Å². The summed E-state index contributed by atoms with van der Waals surface area (Å²) in [5.41, 5.74) is 3.71. The lowest BCUT2D eigenvalue weighted by atomic mass is 10.0. The van der Waals surface area contributed by atoms with Gasteiger partial charge in [-0.3, -0.25) is 0 Å². The fourth-order valence-corrected chi connectivity index (χ4v) is 3.23. The van der Waals surface area contributed by atoms with E-state index < -0.39 is 0 Å². The van der Waals surface area contributed by atoms with Crippen LogP contribution in [0.3, 0.4) is 0 Å². The van der Waals surface area contributed by atoms with Gasteiger partial charge in [0, 0.05) is 16.9 Å². The summed E-state index contributed by atoms with van der Waals surface area (Å²) >= 11 is 3.51. The third-order valence-corrected chi connectivity index (χ3v) is 4.51. The Bertz CT molecular complexity index is 657. The van der Waals surface area contributed by atoms with Crippen LogP contribution in [0, 0.1) is 0 Å². The number of rotatable bonds is 4. The Morgan fingerprint density at radius 1 is 1.23 bits per heavy atom. The Morgan fingerprint density at radius 2 is 2.05 bits per heavy atom. The van der Waals surface area contributed by atoms with Gasteiger partial charge in [-0.25, -0.2) is 4.79 Å². The average Bonchev–Trinajstić information content (AvgIpc) is 2.94. The lowest BCUT2D eigenvalue weighted by Crippen LogP contribution is -2.28. The van der Waals surface area contributed by atoms with E-state index in [1.54, 1.807) is 0 Å². The molecule has 2 aromatic carbocycles. The lowest BCUT2D eigenvalue weighted by Gasteiger charge is -2.13. The summed E-state index contributed by atoms with van der Waals surface area (Å²) in [5.74, 6) is 0.372. The van der Waals surface area contributed by atoms with E-state index in [1.165, 1.54) is 11.1 Å². The van der Waals surface area contributed by atoms with E-state index in [-0.39, 0.29) is 6.09 Å². The highest BCUT2D eigenvalue weighted by molar-refractivity contribution is 9.10. The molecule has 0 saturated carbocycles. The molecule has 1 amide bonds. The van der Waals surface area contributed by atoms with Gasteiger partial charge in [0.15, 0.2) is 0 Å². The largest absolute Gasteiger partial charge is 0.445 e. The summed E-state index contributed by atoms with van der Waals surface area (Å²) < 4.78 is 6.33. The molecular formula is C18H18BrNO2. The molecule has 3 rings (SSSR count). The number of halogens is 1. The van der Waals surface area contributed by atoms with Gasteiger partial charge >= 0.3 is 6.09 Å². The molecule has 0 fully saturated rings. The van der Waals surface area contributed by atoms with Gasteiger partial charge in [0.05, 0.1) is 0 Å². The molecule has 1 N–H and O–H groups in total. The van der Waals surface area contributed by atoms with Gasteiger partial charge < -0.3 is 10.1 Å². The van der Waals surface area contributed by atoms with Crippen molar-refractivity contribution in [3.63, 3.8) is 0 Å². The minimum absolute atomic E-state index is 0.305. The maximum absolute atomic E-state index is 11.8. The number of carbonyl (C=O) groups excluding carboxylic acids is 1. The van der Waals surface area contributed by atoms with Crippen molar-refractivity contribution < 1.29 is 9.53 Å². The summed E-state index contributed by atoms with van der Waals surface area (Å²) in [4.78, 5) is 11.8. The number of fused-ring (bicyclic) bond motifs is 1. The fraction of sp³-hybridized carbons (Fsp3) is 0.278. The molecule has 0 aliphatic heterocycles. The number of hydrogen-bond acceptors (Lipinski definition) is 2. The fourth-order valence-electron chi connectivity index (χ4n) is 2.85. The van der Waals surface area contributed by atoms with Gasteiger partial charge in [0.25, 0.3) is 0 Å². The minimum Gasteiger partial charge on any atom is -0.445 e. The standard InChI is InChI=1S/C18H18BrNO2/c19-16-9-8-14-6-7-15(17(14)10-16)11-20-18(21)22-12-13-4-2-1-3-5-13/h1-5,8-10,15H,6-7,11-12H2,(H,20,21). The number of carbonyl (C=O) groups is 1. The topological polar surface area (TPSA) is 38.3 Å². The first-order valence-electron chi connectivity index (χ1n) is 7.45. The van der Waals surface area contributed by atoms with Crippen molar-refractivity contribution in [3.8, 4) is 0 Å². The number of aryl methyl sites for hydroxylation is 1. The molecule has 0 radical (unpaired) electrons. The Labute approximate surface area is 138 Å². The van der Waals surface area contributed by atoms with Crippen LogP contribution >= 0.6 is 15.9 Å². The maximum atomic E-state index is 11.8. The summed E-state index contributed by atoms with van der Waals surface area (Å²) in [6, 6.07) is 16.1. The number of hydrogen-bond donors (Lipinski definition) is 1. The molecule has 3 nitrogen and oxygen atoms in total. The quantitative estimate of drug-likeness (QED) is 0.877. The first-order valence-corrected chi connectivity index (χ1v) is 8.24. The highest BCUT2D eigenvalue weighted by Gasteiger charge is 2.23. The molecule has 0 spiro atoms. The summed E-state index contributed by atoms with van der Waals surface area (Å²) in [6.45, 7) is 0.927. The van der Waals surface area contributed by atoms with Crippen LogP contribution in [0.2, 0.25) is 0 Å². The molecule has 1 aliphatic carbocycles. The molecule has 22 heavy (non-hydrogen) atoms. The van der Waals surface area contributed by atoms with Gasteiger partial charge in [0.1, 0.15) is 6.61 Å². The van der Waals surface area contributed by atoms with Crippen molar-refractivity contribution >= 4 is 22.0 Å². The number of amides is 1. The SMILES string of the molecule is O=C(NCC1CCc2ccc(Br)cc21)OCc1ccccc1. The van der Waals surface area contributed by atoms with E-state index >= 15 is 0 Å². The monoisotopic (exact) mass is 359 g/mol. The van der Waals surface area contributed by atoms with E-state index in [1.807, 2.05) is 30.3 Å². The Balaban J connectivity index is 1.49. The molecule has 1 unspecified atom stereocenters. The number of benzene rings is 2. The minimum atomic E-state index is -0.354. The second-order valence-electron chi connectivity index (χ2n) is 5.52. The summed E-state index contributed by atoms with van der Waals surface area (Å²) in [7, 11) is 0. The Hall–Kier alpha value is -1.81. The van der Waals surface area contributed by atoms with E-state index in [0.29, 0.717) is 19.1 Å². The number of nitrogens with one attached hydrogen (secondary N) is 1. The van der Waals surface area contributed by atoms with E-state index in [9.17, 15) is 4.79 Å². The van der Waals surface area contributed by atoms with Crippen molar-refractivity contribution in [2.45, 2.75) is 25.4 Å². The summed E-state index contributed by atoms with van der Waals surface area (Å²) in [6.07, 6.45) is 1.80. The van der Waals surface area contributed by atoms with Crippen LogP contribution in [0.25, 0.3) is 0 Å². The zero-order valence-corrected chi connectivity index (χ0v) is 13.8. The van der Waals surface area contributed by atoms with Crippen molar-refractivity contribution in [1.82, 2.24) is 5.32 Å². The smallest absolute Gasteiger partial charge is 0.407 e. The maximum Gasteiger partial charge on any atom is 0.407 e. The molecule has 0 saturated heterocycles. The zero-order valence-electron chi connectivity index (χ0n) is 12.2. The van der Waals surface area contributed by atoms with Crippen LogP contribution in [0.5, 0.6) is 0 Å². The van der Waals surface area contributed by atoms with Gasteiger partial charge in [-0.15, -0.1) is 0 Å². The Morgan fingerprint density at radius 3 is 2.86 bits per heavy atom.